The summed E-state index contributed by atoms with van der Waals surface area (Å²) in [6.07, 6.45) is 2.67. The van der Waals surface area contributed by atoms with E-state index in [0.717, 1.165) is 13.1 Å². The first-order valence-corrected chi connectivity index (χ1v) is 6.86. The zero-order valence-corrected chi connectivity index (χ0v) is 11.8. The summed E-state index contributed by atoms with van der Waals surface area (Å²) in [6.45, 7) is 3.30. The fraction of sp³-hybridized carbons (Fsp3) is 0.600. The van der Waals surface area contributed by atoms with Gasteiger partial charge in [0.1, 0.15) is 0 Å². The summed E-state index contributed by atoms with van der Waals surface area (Å²) in [4.78, 5) is 4.89. The number of nitrogens with one attached hydrogen (secondary N) is 1. The highest BCUT2D eigenvalue weighted by atomic mass is 15.2. The summed E-state index contributed by atoms with van der Waals surface area (Å²) in [5.41, 5.74) is 2.73. The minimum atomic E-state index is 0.706. The number of hydrogen-bond donors (Lipinski definition) is 1. The van der Waals surface area contributed by atoms with Gasteiger partial charge in [-0.3, -0.25) is 0 Å². The molecule has 1 aromatic rings. The Bertz CT molecular complexity index is 378. The molecule has 1 fully saturated rings. The standard InChI is InChI=1S/C15H25N3/c1-16-11-13-7-4-5-9-15(13)18(3)12-14-8-6-10-17(14)2/h4-5,7,9,14,16H,6,8,10-12H2,1-3H3. The third kappa shape index (κ3) is 3.03. The average Bonchev–Trinajstić information content (AvgIpc) is 2.76. The molecule has 1 aromatic carbocycles. The van der Waals surface area contributed by atoms with E-state index in [2.05, 4.69) is 53.5 Å². The van der Waals surface area contributed by atoms with Crippen LogP contribution in [0.15, 0.2) is 24.3 Å². The lowest BCUT2D eigenvalue weighted by atomic mass is 10.1. The Hall–Kier alpha value is -1.06. The van der Waals surface area contributed by atoms with E-state index in [1.807, 2.05) is 7.05 Å². The van der Waals surface area contributed by atoms with Gasteiger partial charge in [-0.1, -0.05) is 18.2 Å². The highest BCUT2D eigenvalue weighted by molar-refractivity contribution is 5.53. The lowest BCUT2D eigenvalue weighted by molar-refractivity contribution is 0.314. The number of likely N-dealkylation sites (tertiary alicyclic amines) is 1. The molecule has 1 atom stereocenters. The van der Waals surface area contributed by atoms with Gasteiger partial charge in [0.25, 0.3) is 0 Å². The van der Waals surface area contributed by atoms with E-state index < -0.39 is 0 Å². The summed E-state index contributed by atoms with van der Waals surface area (Å²) in [5.74, 6) is 0. The predicted molar refractivity (Wildman–Crippen MR) is 78.1 cm³/mol. The molecule has 0 saturated carbocycles. The van der Waals surface area contributed by atoms with Crippen LogP contribution < -0.4 is 10.2 Å². The Labute approximate surface area is 111 Å². The zero-order valence-electron chi connectivity index (χ0n) is 11.8. The van der Waals surface area contributed by atoms with E-state index in [1.54, 1.807) is 0 Å². The van der Waals surface area contributed by atoms with Gasteiger partial charge in [-0.05, 0) is 45.1 Å². The van der Waals surface area contributed by atoms with Crippen LogP contribution in [0, 0.1) is 0 Å². The second kappa shape index (κ2) is 6.21. The van der Waals surface area contributed by atoms with E-state index in [4.69, 9.17) is 0 Å². The van der Waals surface area contributed by atoms with Crippen molar-refractivity contribution in [1.82, 2.24) is 10.2 Å². The molecular weight excluding hydrogens is 222 g/mol. The predicted octanol–water partition coefficient (Wildman–Crippen LogP) is 1.94. The Kier molecular flexibility index (Phi) is 4.61. The molecule has 18 heavy (non-hydrogen) atoms. The first-order chi connectivity index (χ1) is 8.72. The van der Waals surface area contributed by atoms with Gasteiger partial charge < -0.3 is 15.1 Å². The molecule has 1 heterocycles. The van der Waals surface area contributed by atoms with E-state index in [-0.39, 0.29) is 0 Å². The molecule has 0 bridgehead atoms. The first kappa shape index (κ1) is 13.4. The highest BCUT2D eigenvalue weighted by Crippen LogP contribution is 2.22. The number of anilines is 1. The summed E-state index contributed by atoms with van der Waals surface area (Å²) in [5, 5.41) is 3.24. The Balaban J connectivity index is 2.05. The molecule has 1 saturated heterocycles. The van der Waals surface area contributed by atoms with Crippen molar-refractivity contribution < 1.29 is 0 Å². The second-order valence-corrected chi connectivity index (χ2v) is 5.32. The number of benzene rings is 1. The molecule has 0 amide bonds. The fourth-order valence-corrected chi connectivity index (χ4v) is 2.85. The molecule has 2 rings (SSSR count). The van der Waals surface area contributed by atoms with Crippen LogP contribution in [-0.2, 0) is 6.54 Å². The number of likely N-dealkylation sites (N-methyl/N-ethyl adjacent to an activating group) is 2. The van der Waals surface area contributed by atoms with Gasteiger partial charge in [-0.15, -0.1) is 0 Å². The number of rotatable bonds is 5. The molecule has 0 radical (unpaired) electrons. The van der Waals surface area contributed by atoms with Gasteiger partial charge in [0, 0.05) is 31.9 Å². The number of nitrogens with zero attached hydrogens (tertiary/aromatic N) is 2. The summed E-state index contributed by atoms with van der Waals surface area (Å²) in [7, 11) is 6.45. The highest BCUT2D eigenvalue weighted by Gasteiger charge is 2.22. The van der Waals surface area contributed by atoms with Crippen molar-refractivity contribution in [3.8, 4) is 0 Å². The average molecular weight is 247 g/mol. The number of hydrogen-bond acceptors (Lipinski definition) is 3. The van der Waals surface area contributed by atoms with Gasteiger partial charge in [-0.25, -0.2) is 0 Å². The topological polar surface area (TPSA) is 18.5 Å². The zero-order chi connectivity index (χ0) is 13.0. The maximum atomic E-state index is 3.24. The molecule has 1 N–H and O–H groups in total. The van der Waals surface area contributed by atoms with Gasteiger partial charge >= 0.3 is 0 Å². The van der Waals surface area contributed by atoms with Crippen molar-refractivity contribution >= 4 is 5.69 Å². The van der Waals surface area contributed by atoms with Gasteiger partial charge in [0.05, 0.1) is 0 Å². The monoisotopic (exact) mass is 247 g/mol. The van der Waals surface area contributed by atoms with Crippen LogP contribution in [0.4, 0.5) is 5.69 Å². The molecule has 1 aliphatic heterocycles. The summed E-state index contributed by atoms with van der Waals surface area (Å²) >= 11 is 0. The van der Waals surface area contributed by atoms with Crippen molar-refractivity contribution in [3.05, 3.63) is 29.8 Å². The minimum Gasteiger partial charge on any atom is -0.373 e. The van der Waals surface area contributed by atoms with E-state index in [0.29, 0.717) is 6.04 Å². The quantitative estimate of drug-likeness (QED) is 0.858. The first-order valence-electron chi connectivity index (χ1n) is 6.86. The van der Waals surface area contributed by atoms with Crippen molar-refractivity contribution in [2.75, 3.05) is 39.1 Å². The van der Waals surface area contributed by atoms with Crippen LogP contribution in [0.25, 0.3) is 0 Å². The van der Waals surface area contributed by atoms with E-state index in [1.165, 1.54) is 30.6 Å². The van der Waals surface area contributed by atoms with Crippen LogP contribution in [-0.4, -0.2) is 45.2 Å². The molecule has 100 valence electrons. The van der Waals surface area contributed by atoms with Crippen molar-refractivity contribution in [2.45, 2.75) is 25.4 Å². The van der Waals surface area contributed by atoms with Crippen LogP contribution in [0.5, 0.6) is 0 Å². The SMILES string of the molecule is CNCc1ccccc1N(C)CC1CCCN1C. The lowest BCUT2D eigenvalue weighted by Gasteiger charge is -2.28. The van der Waals surface area contributed by atoms with Gasteiger partial charge in [-0.2, -0.15) is 0 Å². The number of para-hydroxylation sites is 1. The molecule has 0 spiro atoms. The van der Waals surface area contributed by atoms with E-state index >= 15 is 0 Å². The maximum absolute atomic E-state index is 3.24. The third-order valence-electron chi connectivity index (χ3n) is 3.93. The van der Waals surface area contributed by atoms with Crippen LogP contribution in [0.2, 0.25) is 0 Å². The van der Waals surface area contributed by atoms with Gasteiger partial charge in [0.15, 0.2) is 0 Å². The lowest BCUT2D eigenvalue weighted by Crippen LogP contribution is -2.37. The maximum Gasteiger partial charge on any atom is 0.0409 e. The Morgan fingerprint density at radius 1 is 1.39 bits per heavy atom. The Morgan fingerprint density at radius 3 is 2.83 bits per heavy atom. The summed E-state index contributed by atoms with van der Waals surface area (Å²) < 4.78 is 0. The second-order valence-electron chi connectivity index (χ2n) is 5.32. The molecule has 1 unspecified atom stereocenters. The summed E-state index contributed by atoms with van der Waals surface area (Å²) in [6, 6.07) is 9.38. The normalized spacial score (nSPS) is 20.3. The molecule has 1 aliphatic rings. The van der Waals surface area contributed by atoms with Crippen molar-refractivity contribution in [1.29, 1.82) is 0 Å². The third-order valence-corrected chi connectivity index (χ3v) is 3.93. The Morgan fingerprint density at radius 2 is 2.17 bits per heavy atom. The van der Waals surface area contributed by atoms with Crippen LogP contribution in [0.1, 0.15) is 18.4 Å². The molecule has 0 aliphatic carbocycles. The largest absolute Gasteiger partial charge is 0.373 e. The fourth-order valence-electron chi connectivity index (χ4n) is 2.85. The van der Waals surface area contributed by atoms with Gasteiger partial charge in [0.2, 0.25) is 0 Å². The smallest absolute Gasteiger partial charge is 0.0409 e. The van der Waals surface area contributed by atoms with Crippen LogP contribution >= 0.6 is 0 Å². The molecule has 0 aromatic heterocycles. The molecule has 3 nitrogen and oxygen atoms in total. The molecular formula is C15H25N3. The minimum absolute atomic E-state index is 0.706. The van der Waals surface area contributed by atoms with Crippen molar-refractivity contribution in [3.63, 3.8) is 0 Å². The van der Waals surface area contributed by atoms with E-state index in [9.17, 15) is 0 Å². The van der Waals surface area contributed by atoms with Crippen molar-refractivity contribution in [2.24, 2.45) is 0 Å². The molecule has 3 heteroatoms. The van der Waals surface area contributed by atoms with Crippen LogP contribution in [0.3, 0.4) is 0 Å².